The molecule has 1 saturated carbocycles. The lowest BCUT2D eigenvalue weighted by molar-refractivity contribution is 0.317. The molecule has 0 spiro atoms. The Morgan fingerprint density at radius 2 is 2.18 bits per heavy atom. The molecule has 1 aliphatic rings. The van der Waals surface area contributed by atoms with Crippen LogP contribution in [0.2, 0.25) is 0 Å². The summed E-state index contributed by atoms with van der Waals surface area (Å²) < 4.78 is 0. The van der Waals surface area contributed by atoms with Gasteiger partial charge in [-0.2, -0.15) is 0 Å². The lowest BCUT2D eigenvalue weighted by Crippen LogP contribution is -2.25. The third-order valence-electron chi connectivity index (χ3n) is 2.28. The highest BCUT2D eigenvalue weighted by atomic mass is 15.1. The zero-order chi connectivity index (χ0) is 8.10. The second-order valence-electron chi connectivity index (χ2n) is 3.42. The minimum absolute atomic E-state index is 0.927. The minimum Gasteiger partial charge on any atom is -0.317 e. The molecule has 1 aliphatic carbocycles. The van der Waals surface area contributed by atoms with E-state index in [2.05, 4.69) is 24.2 Å². The van der Waals surface area contributed by atoms with Gasteiger partial charge < -0.3 is 10.2 Å². The largest absolute Gasteiger partial charge is 0.317 e. The van der Waals surface area contributed by atoms with Crippen LogP contribution in [-0.4, -0.2) is 37.6 Å². The van der Waals surface area contributed by atoms with Gasteiger partial charge in [0.15, 0.2) is 0 Å². The average Bonchev–Trinajstić information content (AvgIpc) is 2.79. The molecule has 0 bridgehead atoms. The second-order valence-corrected chi connectivity index (χ2v) is 3.42. The molecule has 0 aromatic rings. The van der Waals surface area contributed by atoms with Crippen LogP contribution in [0, 0.1) is 0 Å². The Hall–Kier alpha value is -0.0800. The third-order valence-corrected chi connectivity index (χ3v) is 2.28. The first-order valence-electron chi connectivity index (χ1n) is 4.75. The van der Waals surface area contributed by atoms with E-state index >= 15 is 0 Å². The summed E-state index contributed by atoms with van der Waals surface area (Å²) in [4.78, 5) is 2.48. The molecule has 0 aromatic heterocycles. The van der Waals surface area contributed by atoms with Gasteiger partial charge in [-0.1, -0.05) is 6.92 Å². The fourth-order valence-corrected chi connectivity index (χ4v) is 1.33. The lowest BCUT2D eigenvalue weighted by Gasteiger charge is -2.14. The molecule has 0 heterocycles. The Kier molecular flexibility index (Phi) is 3.87. The Morgan fingerprint density at radius 1 is 1.45 bits per heavy atom. The van der Waals surface area contributed by atoms with Gasteiger partial charge in [-0.05, 0) is 45.9 Å². The molecule has 2 nitrogen and oxygen atoms in total. The van der Waals surface area contributed by atoms with Crippen LogP contribution in [0.1, 0.15) is 26.2 Å². The van der Waals surface area contributed by atoms with Crippen molar-refractivity contribution in [2.75, 3.05) is 26.7 Å². The SMILES string of the molecule is CCNCCCN(C)C1CC1. The molecule has 2 heteroatoms. The van der Waals surface area contributed by atoms with Crippen LogP contribution in [0.4, 0.5) is 0 Å². The van der Waals surface area contributed by atoms with E-state index in [1.807, 2.05) is 0 Å². The smallest absolute Gasteiger partial charge is 0.00933 e. The van der Waals surface area contributed by atoms with Crippen LogP contribution in [0.3, 0.4) is 0 Å². The highest BCUT2D eigenvalue weighted by molar-refractivity contribution is 4.82. The van der Waals surface area contributed by atoms with E-state index in [9.17, 15) is 0 Å². The highest BCUT2D eigenvalue weighted by Gasteiger charge is 2.25. The number of nitrogens with zero attached hydrogens (tertiary/aromatic N) is 1. The van der Waals surface area contributed by atoms with Gasteiger partial charge in [-0.15, -0.1) is 0 Å². The van der Waals surface area contributed by atoms with Crippen LogP contribution in [-0.2, 0) is 0 Å². The van der Waals surface area contributed by atoms with E-state index in [1.165, 1.54) is 32.4 Å². The maximum Gasteiger partial charge on any atom is 0.00933 e. The van der Waals surface area contributed by atoms with E-state index in [1.54, 1.807) is 0 Å². The zero-order valence-electron chi connectivity index (χ0n) is 7.77. The van der Waals surface area contributed by atoms with E-state index in [4.69, 9.17) is 0 Å². The van der Waals surface area contributed by atoms with Crippen molar-refractivity contribution in [2.45, 2.75) is 32.2 Å². The van der Waals surface area contributed by atoms with E-state index in [0.717, 1.165) is 12.6 Å². The third kappa shape index (κ3) is 3.73. The zero-order valence-corrected chi connectivity index (χ0v) is 7.77. The summed E-state index contributed by atoms with van der Waals surface area (Å²) in [6.45, 7) is 5.70. The molecule has 0 aromatic carbocycles. The summed E-state index contributed by atoms with van der Waals surface area (Å²) in [5, 5.41) is 3.34. The van der Waals surface area contributed by atoms with Gasteiger partial charge in [0.05, 0.1) is 0 Å². The number of rotatable bonds is 6. The first-order chi connectivity index (χ1) is 5.34. The summed E-state index contributed by atoms with van der Waals surface area (Å²) >= 11 is 0. The fraction of sp³-hybridized carbons (Fsp3) is 1.00. The maximum absolute atomic E-state index is 3.34. The summed E-state index contributed by atoms with van der Waals surface area (Å²) in [7, 11) is 2.24. The van der Waals surface area contributed by atoms with Crippen LogP contribution >= 0.6 is 0 Å². The predicted molar refractivity (Wildman–Crippen MR) is 48.8 cm³/mol. The lowest BCUT2D eigenvalue weighted by atomic mass is 10.4. The van der Waals surface area contributed by atoms with Crippen molar-refractivity contribution in [3.8, 4) is 0 Å². The minimum atomic E-state index is 0.927. The fourth-order valence-electron chi connectivity index (χ4n) is 1.33. The first kappa shape index (κ1) is 9.01. The van der Waals surface area contributed by atoms with Crippen molar-refractivity contribution in [1.82, 2.24) is 10.2 Å². The van der Waals surface area contributed by atoms with Gasteiger partial charge >= 0.3 is 0 Å². The molecule has 0 radical (unpaired) electrons. The summed E-state index contributed by atoms with van der Waals surface area (Å²) in [6.07, 6.45) is 4.15. The van der Waals surface area contributed by atoms with E-state index in [0.29, 0.717) is 0 Å². The first-order valence-corrected chi connectivity index (χ1v) is 4.75. The van der Waals surface area contributed by atoms with Gasteiger partial charge in [0, 0.05) is 6.04 Å². The molecule has 0 atom stereocenters. The molecule has 0 saturated heterocycles. The van der Waals surface area contributed by atoms with Crippen molar-refractivity contribution < 1.29 is 0 Å². The van der Waals surface area contributed by atoms with Gasteiger partial charge in [-0.25, -0.2) is 0 Å². The summed E-state index contributed by atoms with van der Waals surface area (Å²) in [5.74, 6) is 0. The predicted octanol–water partition coefficient (Wildman–Crippen LogP) is 1.08. The van der Waals surface area contributed by atoms with Crippen LogP contribution in [0.25, 0.3) is 0 Å². The van der Waals surface area contributed by atoms with Crippen molar-refractivity contribution in [1.29, 1.82) is 0 Å². The number of hydrogen-bond donors (Lipinski definition) is 1. The Morgan fingerprint density at radius 3 is 2.73 bits per heavy atom. The molecule has 11 heavy (non-hydrogen) atoms. The molecule has 66 valence electrons. The van der Waals surface area contributed by atoms with Crippen molar-refractivity contribution in [2.24, 2.45) is 0 Å². The van der Waals surface area contributed by atoms with Crippen molar-refractivity contribution >= 4 is 0 Å². The standard InChI is InChI=1S/C9H20N2/c1-3-10-7-4-8-11(2)9-5-6-9/h9-10H,3-8H2,1-2H3. The van der Waals surface area contributed by atoms with Gasteiger partial charge in [-0.3, -0.25) is 0 Å². The van der Waals surface area contributed by atoms with Gasteiger partial charge in [0.25, 0.3) is 0 Å². The summed E-state index contributed by atoms with van der Waals surface area (Å²) in [6, 6.07) is 0.927. The topological polar surface area (TPSA) is 15.3 Å². The highest BCUT2D eigenvalue weighted by Crippen LogP contribution is 2.24. The number of nitrogens with one attached hydrogen (secondary N) is 1. The molecular formula is C9H20N2. The van der Waals surface area contributed by atoms with E-state index < -0.39 is 0 Å². The van der Waals surface area contributed by atoms with Crippen LogP contribution in [0.15, 0.2) is 0 Å². The summed E-state index contributed by atoms with van der Waals surface area (Å²) in [5.41, 5.74) is 0. The maximum atomic E-state index is 3.34. The van der Waals surface area contributed by atoms with E-state index in [-0.39, 0.29) is 0 Å². The average molecular weight is 156 g/mol. The quantitative estimate of drug-likeness (QED) is 0.579. The van der Waals surface area contributed by atoms with Crippen LogP contribution in [0.5, 0.6) is 0 Å². The van der Waals surface area contributed by atoms with Crippen molar-refractivity contribution in [3.05, 3.63) is 0 Å². The van der Waals surface area contributed by atoms with Crippen LogP contribution < -0.4 is 5.32 Å². The Labute approximate surface area is 70.0 Å². The Bertz CT molecular complexity index is 99.7. The molecule has 0 aliphatic heterocycles. The van der Waals surface area contributed by atoms with Crippen molar-refractivity contribution in [3.63, 3.8) is 0 Å². The Balaban J connectivity index is 1.85. The molecule has 1 fully saturated rings. The second kappa shape index (κ2) is 4.73. The normalized spacial score (nSPS) is 17.7. The molecule has 1 rings (SSSR count). The monoisotopic (exact) mass is 156 g/mol. The molecule has 0 amide bonds. The molecular weight excluding hydrogens is 136 g/mol. The molecule has 0 unspecified atom stereocenters. The van der Waals surface area contributed by atoms with Gasteiger partial charge in [0.2, 0.25) is 0 Å². The molecule has 1 N–H and O–H groups in total. The number of hydrogen-bond acceptors (Lipinski definition) is 2. The van der Waals surface area contributed by atoms with Gasteiger partial charge in [0.1, 0.15) is 0 Å².